The first kappa shape index (κ1) is 7.76. The first-order chi connectivity index (χ1) is 6.27. The lowest BCUT2D eigenvalue weighted by Gasteiger charge is -2.16. The number of carbonyl (C=O) groups excluding carboxylic acids is 1. The Kier molecular flexibility index (Phi) is 1.46. The minimum atomic E-state index is -0.0666. The molecule has 4 heteroatoms. The molecule has 4 atom stereocenters. The Hall–Kier alpha value is -0.610. The van der Waals surface area contributed by atoms with E-state index in [0.717, 1.165) is 19.4 Å². The van der Waals surface area contributed by atoms with Gasteiger partial charge in [-0.05, 0) is 19.8 Å². The molecular weight excluding hydrogens is 170 g/mol. The molecule has 3 rings (SSSR count). The molecule has 3 saturated heterocycles. The second kappa shape index (κ2) is 2.45. The molecule has 3 heterocycles. The normalized spacial score (nSPS) is 49.2. The van der Waals surface area contributed by atoms with Crippen LogP contribution >= 0.6 is 0 Å². The van der Waals surface area contributed by atoms with E-state index in [9.17, 15) is 4.79 Å². The van der Waals surface area contributed by atoms with E-state index >= 15 is 0 Å². The average molecular weight is 183 g/mol. The van der Waals surface area contributed by atoms with Gasteiger partial charge in [0.15, 0.2) is 0 Å². The number of fused-ring (bicyclic) bond motifs is 3. The highest BCUT2D eigenvalue weighted by molar-refractivity contribution is 5.77. The summed E-state index contributed by atoms with van der Waals surface area (Å²) in [5, 5.41) is 1.98. The van der Waals surface area contributed by atoms with Crippen molar-refractivity contribution < 1.29 is 14.4 Å². The third-order valence-corrected chi connectivity index (χ3v) is 3.31. The van der Waals surface area contributed by atoms with Crippen LogP contribution in [0, 0.1) is 5.92 Å². The van der Waals surface area contributed by atoms with E-state index in [0.29, 0.717) is 6.04 Å². The van der Waals surface area contributed by atoms with Crippen LogP contribution in [0.25, 0.3) is 0 Å². The highest BCUT2D eigenvalue weighted by Crippen LogP contribution is 2.41. The molecule has 72 valence electrons. The van der Waals surface area contributed by atoms with Crippen molar-refractivity contribution in [3.63, 3.8) is 0 Å². The van der Waals surface area contributed by atoms with Crippen LogP contribution in [0.3, 0.4) is 0 Å². The van der Waals surface area contributed by atoms with Gasteiger partial charge in [-0.2, -0.15) is 5.06 Å². The predicted molar refractivity (Wildman–Crippen MR) is 43.6 cm³/mol. The van der Waals surface area contributed by atoms with Gasteiger partial charge in [-0.3, -0.25) is 9.63 Å². The van der Waals surface area contributed by atoms with Gasteiger partial charge in [0, 0.05) is 6.54 Å². The number of rotatable bonds is 0. The average Bonchev–Trinajstić information content (AvgIpc) is 2.63. The lowest BCUT2D eigenvalue weighted by Crippen LogP contribution is -2.29. The van der Waals surface area contributed by atoms with Gasteiger partial charge in [0.1, 0.15) is 18.1 Å². The Bertz CT molecular complexity index is 253. The minimum Gasteiger partial charge on any atom is -0.459 e. The van der Waals surface area contributed by atoms with Crippen molar-refractivity contribution in [2.45, 2.75) is 38.0 Å². The number of nitrogens with zero attached hydrogens (tertiary/aromatic N) is 1. The van der Waals surface area contributed by atoms with E-state index in [1.54, 1.807) is 0 Å². The largest absolute Gasteiger partial charge is 0.459 e. The molecule has 0 unspecified atom stereocenters. The fourth-order valence-electron chi connectivity index (χ4n) is 2.69. The third-order valence-electron chi connectivity index (χ3n) is 3.31. The monoisotopic (exact) mass is 183 g/mol. The van der Waals surface area contributed by atoms with Crippen LogP contribution in [0.4, 0.5) is 0 Å². The van der Waals surface area contributed by atoms with Gasteiger partial charge < -0.3 is 4.74 Å². The molecule has 0 saturated carbocycles. The second-order valence-electron chi connectivity index (χ2n) is 4.09. The van der Waals surface area contributed by atoms with Crippen LogP contribution < -0.4 is 0 Å². The van der Waals surface area contributed by atoms with Gasteiger partial charge in [-0.25, -0.2) is 0 Å². The molecule has 0 radical (unpaired) electrons. The maximum atomic E-state index is 11.5. The summed E-state index contributed by atoms with van der Waals surface area (Å²) in [7, 11) is 0. The van der Waals surface area contributed by atoms with Crippen molar-refractivity contribution >= 4 is 5.97 Å². The van der Waals surface area contributed by atoms with E-state index in [2.05, 4.69) is 0 Å². The molecule has 0 aromatic rings. The van der Waals surface area contributed by atoms with Crippen molar-refractivity contribution in [2.24, 2.45) is 5.92 Å². The molecule has 13 heavy (non-hydrogen) atoms. The highest BCUT2D eigenvalue weighted by Gasteiger charge is 2.56. The minimum absolute atomic E-state index is 0.0159. The number of carbonyl (C=O) groups is 1. The van der Waals surface area contributed by atoms with Gasteiger partial charge in [0.2, 0.25) is 0 Å². The van der Waals surface area contributed by atoms with Gasteiger partial charge >= 0.3 is 5.97 Å². The summed E-state index contributed by atoms with van der Waals surface area (Å²) in [6.07, 6.45) is 2.12. The zero-order chi connectivity index (χ0) is 9.00. The maximum Gasteiger partial charge on any atom is 0.313 e. The fourth-order valence-corrected chi connectivity index (χ4v) is 2.69. The molecule has 0 aromatic heterocycles. The summed E-state index contributed by atoms with van der Waals surface area (Å²) >= 11 is 0. The fraction of sp³-hybridized carbons (Fsp3) is 0.889. The van der Waals surface area contributed by atoms with Crippen LogP contribution in [0.5, 0.6) is 0 Å². The van der Waals surface area contributed by atoms with Crippen LogP contribution in [0.15, 0.2) is 0 Å². The number of esters is 1. The summed E-state index contributed by atoms with van der Waals surface area (Å²) < 4.78 is 5.15. The quantitative estimate of drug-likeness (QED) is 0.507. The molecule has 0 aromatic carbocycles. The first-order valence-electron chi connectivity index (χ1n) is 4.91. The maximum absolute atomic E-state index is 11.5. The molecule has 3 aliphatic heterocycles. The zero-order valence-electron chi connectivity index (χ0n) is 7.60. The van der Waals surface area contributed by atoms with Crippen molar-refractivity contribution in [2.75, 3.05) is 6.54 Å². The van der Waals surface area contributed by atoms with Gasteiger partial charge in [-0.15, -0.1) is 0 Å². The van der Waals surface area contributed by atoms with Gasteiger partial charge in [0.05, 0.1) is 6.04 Å². The second-order valence-corrected chi connectivity index (χ2v) is 4.09. The van der Waals surface area contributed by atoms with Crippen LogP contribution in [-0.4, -0.2) is 35.8 Å². The van der Waals surface area contributed by atoms with Crippen LogP contribution in [-0.2, 0) is 14.4 Å². The lowest BCUT2D eigenvalue weighted by molar-refractivity contribution is -0.174. The third kappa shape index (κ3) is 0.901. The smallest absolute Gasteiger partial charge is 0.313 e. The number of hydrogen-bond donors (Lipinski definition) is 0. The van der Waals surface area contributed by atoms with Crippen LogP contribution in [0.2, 0.25) is 0 Å². The molecule has 3 aliphatic rings. The predicted octanol–water partition coefficient (Wildman–Crippen LogP) is 0.326. The molecule has 3 fully saturated rings. The Morgan fingerprint density at radius 1 is 1.54 bits per heavy atom. The summed E-state index contributed by atoms with van der Waals surface area (Å²) in [4.78, 5) is 17.2. The van der Waals surface area contributed by atoms with Gasteiger partial charge in [0.25, 0.3) is 0 Å². The first-order valence-corrected chi connectivity index (χ1v) is 4.91. The molecule has 0 aliphatic carbocycles. The lowest BCUT2D eigenvalue weighted by atomic mass is 9.94. The molecule has 0 N–H and O–H groups in total. The molecule has 0 bridgehead atoms. The molecule has 0 spiro atoms. The van der Waals surface area contributed by atoms with E-state index in [1.165, 1.54) is 0 Å². The Balaban J connectivity index is 1.90. The van der Waals surface area contributed by atoms with E-state index in [1.807, 2.05) is 12.0 Å². The van der Waals surface area contributed by atoms with Crippen molar-refractivity contribution in [3.05, 3.63) is 0 Å². The van der Waals surface area contributed by atoms with Crippen molar-refractivity contribution in [1.82, 2.24) is 5.06 Å². The number of cyclic esters (lactones) is 1. The van der Waals surface area contributed by atoms with Crippen LogP contribution in [0.1, 0.15) is 19.8 Å². The Morgan fingerprint density at radius 3 is 3.23 bits per heavy atom. The van der Waals surface area contributed by atoms with E-state index in [4.69, 9.17) is 9.57 Å². The molecule has 0 amide bonds. The number of hydrogen-bond acceptors (Lipinski definition) is 4. The van der Waals surface area contributed by atoms with Gasteiger partial charge in [-0.1, -0.05) is 0 Å². The Morgan fingerprint density at radius 2 is 2.38 bits per heavy atom. The molecule has 4 nitrogen and oxygen atoms in total. The number of hydroxylamine groups is 2. The van der Waals surface area contributed by atoms with Crippen molar-refractivity contribution in [1.29, 1.82) is 0 Å². The van der Waals surface area contributed by atoms with E-state index in [-0.39, 0.29) is 24.1 Å². The summed E-state index contributed by atoms with van der Waals surface area (Å²) in [5.74, 6) is -0.0793. The molecular formula is C9H13NO3. The van der Waals surface area contributed by atoms with Crippen molar-refractivity contribution in [3.8, 4) is 0 Å². The summed E-state index contributed by atoms with van der Waals surface area (Å²) in [5.41, 5.74) is 0. The summed E-state index contributed by atoms with van der Waals surface area (Å²) in [6, 6.07) is 0.294. The SMILES string of the molecule is C[C@H]1OC(=O)[C@H]2[C@@H]1ON1CCC[C@H]21. The highest BCUT2D eigenvalue weighted by atomic mass is 16.7. The standard InChI is InChI=1S/C9H13NO3/c1-5-8-7(9(11)12-5)6-3-2-4-10(6)13-8/h5-8H,2-4H2,1H3/t5-,6-,7-,8-/m1/s1. The Labute approximate surface area is 76.7 Å². The van der Waals surface area contributed by atoms with E-state index < -0.39 is 0 Å². The zero-order valence-corrected chi connectivity index (χ0v) is 7.60. The number of ether oxygens (including phenoxy) is 1. The topological polar surface area (TPSA) is 38.8 Å². The summed E-state index contributed by atoms with van der Waals surface area (Å²) in [6.45, 7) is 2.88.